The van der Waals surface area contributed by atoms with E-state index in [0.29, 0.717) is 11.1 Å². The lowest BCUT2D eigenvalue weighted by Crippen LogP contribution is -2.14. The molecular weight excluding hydrogens is 470 g/mol. The SMILES string of the molecule is Cl.NC(O[PH](=O)OC(N)c1ccc(Br)cc1)c1ccc(Br)cc1. The van der Waals surface area contributed by atoms with E-state index in [4.69, 9.17) is 20.5 Å². The van der Waals surface area contributed by atoms with E-state index < -0.39 is 20.7 Å². The topological polar surface area (TPSA) is 87.6 Å². The highest BCUT2D eigenvalue weighted by molar-refractivity contribution is 9.10. The average Bonchev–Trinajstić information content (AvgIpc) is 2.48. The molecule has 0 saturated heterocycles. The summed E-state index contributed by atoms with van der Waals surface area (Å²) in [6, 6.07) is 14.4. The zero-order valence-electron chi connectivity index (χ0n) is 11.8. The lowest BCUT2D eigenvalue weighted by molar-refractivity contribution is 0.135. The summed E-state index contributed by atoms with van der Waals surface area (Å²) in [7, 11) is -2.83. The maximum Gasteiger partial charge on any atom is 0.322 e. The fourth-order valence-corrected chi connectivity index (χ4v) is 2.95. The van der Waals surface area contributed by atoms with E-state index in [9.17, 15) is 4.57 Å². The van der Waals surface area contributed by atoms with Gasteiger partial charge in [-0.1, -0.05) is 56.1 Å². The van der Waals surface area contributed by atoms with Crippen LogP contribution >= 0.6 is 52.5 Å². The van der Waals surface area contributed by atoms with Crippen molar-refractivity contribution in [3.05, 3.63) is 68.6 Å². The van der Waals surface area contributed by atoms with Gasteiger partial charge in [0.15, 0.2) is 0 Å². The van der Waals surface area contributed by atoms with Crippen molar-refractivity contribution in [2.45, 2.75) is 12.5 Å². The van der Waals surface area contributed by atoms with Crippen LogP contribution < -0.4 is 11.5 Å². The summed E-state index contributed by atoms with van der Waals surface area (Å²) in [4.78, 5) is 0. The van der Waals surface area contributed by atoms with Crippen LogP contribution in [-0.2, 0) is 13.6 Å². The van der Waals surface area contributed by atoms with Crippen LogP contribution in [0.15, 0.2) is 57.5 Å². The fraction of sp³-hybridized carbons (Fsp3) is 0.143. The molecule has 126 valence electrons. The smallest absolute Gasteiger partial charge is 0.302 e. The first kappa shape index (κ1) is 20.8. The molecule has 0 bridgehead atoms. The van der Waals surface area contributed by atoms with Crippen molar-refractivity contribution in [3.63, 3.8) is 0 Å². The average molecular weight is 487 g/mol. The van der Waals surface area contributed by atoms with E-state index >= 15 is 0 Å². The molecule has 0 aromatic heterocycles. The molecule has 2 rings (SSSR count). The van der Waals surface area contributed by atoms with Gasteiger partial charge in [-0.15, -0.1) is 12.4 Å². The van der Waals surface area contributed by atoms with Gasteiger partial charge >= 0.3 is 8.25 Å². The van der Waals surface area contributed by atoms with Gasteiger partial charge < -0.3 is 11.5 Å². The first-order valence-electron chi connectivity index (χ1n) is 6.35. The molecule has 0 fully saturated rings. The Morgan fingerprint density at radius 3 is 1.39 bits per heavy atom. The maximum absolute atomic E-state index is 11.9. The van der Waals surface area contributed by atoms with E-state index in [1.54, 1.807) is 24.3 Å². The van der Waals surface area contributed by atoms with Crippen molar-refractivity contribution in [1.82, 2.24) is 0 Å². The lowest BCUT2D eigenvalue weighted by Gasteiger charge is -2.16. The van der Waals surface area contributed by atoms with Crippen molar-refractivity contribution in [3.8, 4) is 0 Å². The van der Waals surface area contributed by atoms with Gasteiger partial charge in [0.25, 0.3) is 0 Å². The van der Waals surface area contributed by atoms with Crippen LogP contribution in [0.5, 0.6) is 0 Å². The van der Waals surface area contributed by atoms with Gasteiger partial charge in [0.05, 0.1) is 0 Å². The number of hydrogen-bond acceptors (Lipinski definition) is 5. The Kier molecular flexibility index (Phi) is 8.97. The minimum atomic E-state index is -2.83. The first-order valence-corrected chi connectivity index (χ1v) is 9.16. The second kappa shape index (κ2) is 9.91. The normalized spacial score (nSPS) is 14.6. The molecule has 2 atom stereocenters. The standard InChI is InChI=1S/C14H15Br2N2O3P.ClH/c15-11-5-1-9(2-6-11)13(17)20-22(19)21-14(18)10-3-7-12(16)8-4-10;/h1-8,13-14,22H,17-18H2;1H. The first-order chi connectivity index (χ1) is 10.5. The molecule has 9 heteroatoms. The van der Waals surface area contributed by atoms with Crippen LogP contribution in [0.25, 0.3) is 0 Å². The molecular formula is C14H16Br2ClN2O3P. The van der Waals surface area contributed by atoms with Crippen molar-refractivity contribution in [1.29, 1.82) is 0 Å². The van der Waals surface area contributed by atoms with Crippen molar-refractivity contribution in [2.24, 2.45) is 11.5 Å². The molecule has 0 heterocycles. The third-order valence-corrected chi connectivity index (χ3v) is 4.79. The van der Waals surface area contributed by atoms with Crippen LogP contribution in [-0.4, -0.2) is 0 Å². The number of nitrogens with two attached hydrogens (primary N) is 2. The highest BCUT2D eigenvalue weighted by atomic mass is 79.9. The molecule has 0 aliphatic heterocycles. The molecule has 2 aromatic rings. The van der Waals surface area contributed by atoms with E-state index in [-0.39, 0.29) is 12.4 Å². The Labute approximate surface area is 158 Å². The van der Waals surface area contributed by atoms with Crippen LogP contribution in [0.2, 0.25) is 0 Å². The second-order valence-electron chi connectivity index (χ2n) is 4.43. The third-order valence-electron chi connectivity index (χ3n) is 2.84. The van der Waals surface area contributed by atoms with E-state index in [1.807, 2.05) is 24.3 Å². The predicted molar refractivity (Wildman–Crippen MR) is 101 cm³/mol. The quantitative estimate of drug-likeness (QED) is 0.458. The van der Waals surface area contributed by atoms with E-state index in [0.717, 1.165) is 8.95 Å². The number of halogens is 3. The second-order valence-corrected chi connectivity index (χ2v) is 7.23. The summed E-state index contributed by atoms with van der Waals surface area (Å²) in [5.41, 5.74) is 13.1. The summed E-state index contributed by atoms with van der Waals surface area (Å²) in [6.45, 7) is 0. The highest BCUT2D eigenvalue weighted by Gasteiger charge is 2.15. The monoisotopic (exact) mass is 484 g/mol. The van der Waals surface area contributed by atoms with Gasteiger partial charge in [-0.05, 0) is 35.4 Å². The van der Waals surface area contributed by atoms with Crippen molar-refractivity contribution < 1.29 is 13.6 Å². The zero-order chi connectivity index (χ0) is 16.1. The molecule has 0 amide bonds. The number of benzene rings is 2. The van der Waals surface area contributed by atoms with Crippen LogP contribution in [0.3, 0.4) is 0 Å². The number of rotatable bonds is 6. The molecule has 0 aliphatic rings. The van der Waals surface area contributed by atoms with Crippen LogP contribution in [0, 0.1) is 0 Å². The molecule has 0 aliphatic carbocycles. The Hall–Kier alpha value is -0.240. The van der Waals surface area contributed by atoms with E-state index in [2.05, 4.69) is 31.9 Å². The molecule has 5 nitrogen and oxygen atoms in total. The van der Waals surface area contributed by atoms with E-state index in [1.165, 1.54) is 0 Å². The lowest BCUT2D eigenvalue weighted by atomic mass is 10.2. The molecule has 2 unspecified atom stereocenters. The third kappa shape index (κ3) is 6.64. The van der Waals surface area contributed by atoms with Crippen molar-refractivity contribution in [2.75, 3.05) is 0 Å². The van der Waals surface area contributed by atoms with Gasteiger partial charge in [0, 0.05) is 8.95 Å². The Balaban J connectivity index is 0.00000264. The molecule has 4 N–H and O–H groups in total. The van der Waals surface area contributed by atoms with Gasteiger partial charge in [-0.25, -0.2) is 0 Å². The Bertz CT molecular complexity index is 588. The van der Waals surface area contributed by atoms with Gasteiger partial charge in [0.2, 0.25) is 0 Å². The fourth-order valence-electron chi connectivity index (χ4n) is 1.68. The molecule has 23 heavy (non-hydrogen) atoms. The van der Waals surface area contributed by atoms with Gasteiger partial charge in [-0.2, -0.15) is 0 Å². The highest BCUT2D eigenvalue weighted by Crippen LogP contribution is 2.35. The Morgan fingerprint density at radius 2 is 1.09 bits per heavy atom. The minimum absolute atomic E-state index is 0. The largest absolute Gasteiger partial charge is 0.322 e. The molecule has 0 radical (unpaired) electrons. The molecule has 0 saturated carbocycles. The number of hydrogen-bond donors (Lipinski definition) is 2. The summed E-state index contributed by atoms with van der Waals surface area (Å²) in [6.07, 6.45) is -1.67. The van der Waals surface area contributed by atoms with Crippen LogP contribution in [0.4, 0.5) is 0 Å². The predicted octanol–water partition coefficient (Wildman–Crippen LogP) is 4.67. The summed E-state index contributed by atoms with van der Waals surface area (Å²) < 4.78 is 24.1. The Morgan fingerprint density at radius 1 is 0.783 bits per heavy atom. The summed E-state index contributed by atoms with van der Waals surface area (Å²) >= 11 is 6.66. The summed E-state index contributed by atoms with van der Waals surface area (Å²) in [5.74, 6) is 0. The van der Waals surface area contributed by atoms with Crippen LogP contribution in [0.1, 0.15) is 23.6 Å². The van der Waals surface area contributed by atoms with Gasteiger partial charge in [-0.3, -0.25) is 13.6 Å². The van der Waals surface area contributed by atoms with Gasteiger partial charge in [0.1, 0.15) is 12.5 Å². The molecule has 2 aromatic carbocycles. The minimum Gasteiger partial charge on any atom is -0.302 e. The summed E-state index contributed by atoms with van der Waals surface area (Å²) in [5, 5.41) is 0. The van der Waals surface area contributed by atoms with Crippen molar-refractivity contribution >= 4 is 52.5 Å². The molecule has 0 spiro atoms. The maximum atomic E-state index is 11.9. The zero-order valence-corrected chi connectivity index (χ0v) is 16.8.